The Hall–Kier alpha value is -5.06. The van der Waals surface area contributed by atoms with Gasteiger partial charge >= 0.3 is 30.0 Å². The molecule has 1 saturated heterocycles. The van der Waals surface area contributed by atoms with Crippen molar-refractivity contribution in [3.05, 3.63) is 59.7 Å². The van der Waals surface area contributed by atoms with Crippen LogP contribution in [0.3, 0.4) is 0 Å². The summed E-state index contributed by atoms with van der Waals surface area (Å²) >= 11 is 0. The fraction of sp³-hybridized carbons (Fsp3) is 0.438. The predicted molar refractivity (Wildman–Crippen MR) is 161 cm³/mol. The lowest BCUT2D eigenvalue weighted by molar-refractivity contribution is -0.350. The van der Waals surface area contributed by atoms with E-state index in [2.05, 4.69) is 10.6 Å². The molecule has 16 nitrogen and oxygen atoms in total. The van der Waals surface area contributed by atoms with Gasteiger partial charge in [-0.2, -0.15) is 0 Å². The first-order valence-corrected chi connectivity index (χ1v) is 14.8. The zero-order valence-electron chi connectivity index (χ0n) is 26.5. The minimum atomic E-state index is -2.78. The first kappa shape index (κ1) is 35.8. The van der Waals surface area contributed by atoms with Crippen LogP contribution in [0.25, 0.3) is 11.1 Å². The van der Waals surface area contributed by atoms with Gasteiger partial charge in [0.2, 0.25) is 17.9 Å². The SMILES string of the molecule is CC(=O)N[C@]1(O)[C@@H](OC[C@H](NC(=O)OCC2c3ccccc3-c3ccccc32)C(=O)O)O[C@H](COC(C)=O)[C@H](OC(C)=O)[C@@H]1OC(C)=O. The molecule has 2 aromatic carbocycles. The number of alkyl carbamates (subject to hydrolysis) is 1. The molecule has 48 heavy (non-hydrogen) atoms. The predicted octanol–water partition coefficient (Wildman–Crippen LogP) is 0.971. The Kier molecular flexibility index (Phi) is 11.4. The molecular weight excluding hydrogens is 636 g/mol. The quantitative estimate of drug-likeness (QED) is 0.140. The summed E-state index contributed by atoms with van der Waals surface area (Å²) in [6.07, 6.45) is -8.10. The van der Waals surface area contributed by atoms with Gasteiger partial charge in [0.1, 0.15) is 19.3 Å². The Morgan fingerprint density at radius 2 is 1.42 bits per heavy atom. The Bertz CT molecular complexity index is 1520. The Morgan fingerprint density at radius 3 is 1.94 bits per heavy atom. The van der Waals surface area contributed by atoms with E-state index < -0.39 is 85.5 Å². The summed E-state index contributed by atoms with van der Waals surface area (Å²) in [5, 5.41) is 25.9. The highest BCUT2D eigenvalue weighted by Gasteiger charge is 2.61. The number of aliphatic carboxylic acids is 1. The maximum atomic E-state index is 12.8. The molecule has 6 atom stereocenters. The number of carbonyl (C=O) groups is 6. The minimum Gasteiger partial charge on any atom is -0.480 e. The highest BCUT2D eigenvalue weighted by atomic mass is 16.7. The van der Waals surface area contributed by atoms with Gasteiger partial charge in [-0.1, -0.05) is 48.5 Å². The largest absolute Gasteiger partial charge is 0.480 e. The zero-order chi connectivity index (χ0) is 35.2. The maximum Gasteiger partial charge on any atom is 0.407 e. The Balaban J connectivity index is 1.51. The Morgan fingerprint density at radius 1 is 0.833 bits per heavy atom. The molecule has 0 radical (unpaired) electrons. The van der Waals surface area contributed by atoms with Crippen molar-refractivity contribution in [1.29, 1.82) is 0 Å². The second kappa shape index (κ2) is 15.2. The van der Waals surface area contributed by atoms with Gasteiger partial charge in [0.15, 0.2) is 18.2 Å². The Labute approximate surface area is 274 Å². The number of benzene rings is 2. The zero-order valence-corrected chi connectivity index (χ0v) is 26.5. The lowest BCUT2D eigenvalue weighted by Gasteiger charge is -2.49. The number of aliphatic hydroxyl groups is 1. The first-order chi connectivity index (χ1) is 22.7. The topological polar surface area (TPSA) is 222 Å². The number of amides is 2. The van der Waals surface area contributed by atoms with Crippen LogP contribution in [-0.2, 0) is 52.4 Å². The summed E-state index contributed by atoms with van der Waals surface area (Å²) in [6.45, 7) is 2.50. The summed E-state index contributed by atoms with van der Waals surface area (Å²) in [7, 11) is 0. The van der Waals surface area contributed by atoms with Gasteiger partial charge in [-0.25, -0.2) is 9.59 Å². The fourth-order valence-electron chi connectivity index (χ4n) is 5.64. The van der Waals surface area contributed by atoms with Gasteiger partial charge in [0.25, 0.3) is 0 Å². The van der Waals surface area contributed by atoms with Crippen LogP contribution in [0, 0.1) is 0 Å². The van der Waals surface area contributed by atoms with E-state index in [1.165, 1.54) is 0 Å². The molecule has 1 fully saturated rings. The van der Waals surface area contributed by atoms with Crippen molar-refractivity contribution >= 4 is 35.9 Å². The molecule has 0 unspecified atom stereocenters. The van der Waals surface area contributed by atoms with Gasteiger partial charge < -0.3 is 49.3 Å². The molecule has 0 spiro atoms. The summed E-state index contributed by atoms with van der Waals surface area (Å²) in [6, 6.07) is 13.5. The van der Waals surface area contributed by atoms with Crippen molar-refractivity contribution < 1.29 is 67.4 Å². The fourth-order valence-corrected chi connectivity index (χ4v) is 5.64. The van der Waals surface area contributed by atoms with Crippen LogP contribution in [0.5, 0.6) is 0 Å². The lowest BCUT2D eigenvalue weighted by atomic mass is 9.92. The molecule has 4 rings (SSSR count). The van der Waals surface area contributed by atoms with Gasteiger partial charge in [-0.05, 0) is 22.3 Å². The van der Waals surface area contributed by atoms with Gasteiger partial charge in [-0.15, -0.1) is 0 Å². The van der Waals surface area contributed by atoms with Crippen molar-refractivity contribution in [2.45, 2.75) is 70.0 Å². The highest BCUT2D eigenvalue weighted by Crippen LogP contribution is 2.44. The maximum absolute atomic E-state index is 12.8. The van der Waals surface area contributed by atoms with Crippen LogP contribution >= 0.6 is 0 Å². The molecule has 0 bridgehead atoms. The summed E-state index contributed by atoms with van der Waals surface area (Å²) < 4.78 is 32.2. The van der Waals surface area contributed by atoms with Crippen molar-refractivity contribution in [3.63, 3.8) is 0 Å². The molecule has 4 N–H and O–H groups in total. The molecule has 1 aliphatic carbocycles. The molecule has 2 amide bonds. The average molecular weight is 673 g/mol. The van der Waals surface area contributed by atoms with Crippen LogP contribution in [0.15, 0.2) is 48.5 Å². The molecule has 0 saturated carbocycles. The third kappa shape index (κ3) is 8.26. The number of carboxylic acids is 1. The lowest BCUT2D eigenvalue weighted by Crippen LogP contribution is -2.75. The third-order valence-corrected chi connectivity index (χ3v) is 7.53. The van der Waals surface area contributed by atoms with Crippen LogP contribution in [0.4, 0.5) is 4.79 Å². The average Bonchev–Trinajstić information content (AvgIpc) is 3.33. The van der Waals surface area contributed by atoms with E-state index in [9.17, 15) is 39.0 Å². The summed E-state index contributed by atoms with van der Waals surface area (Å²) in [5.41, 5.74) is 1.08. The van der Waals surface area contributed by atoms with E-state index in [1.54, 1.807) is 0 Å². The molecule has 2 aliphatic rings. The van der Waals surface area contributed by atoms with E-state index >= 15 is 0 Å². The van der Waals surface area contributed by atoms with Crippen molar-refractivity contribution in [1.82, 2.24) is 10.6 Å². The van der Waals surface area contributed by atoms with Crippen LogP contribution in [-0.4, -0.2) is 102 Å². The van der Waals surface area contributed by atoms with Crippen LogP contribution in [0.2, 0.25) is 0 Å². The molecule has 1 aliphatic heterocycles. The monoisotopic (exact) mass is 672 g/mol. The van der Waals surface area contributed by atoms with E-state index in [1.807, 2.05) is 48.5 Å². The van der Waals surface area contributed by atoms with Gasteiger partial charge in [-0.3, -0.25) is 19.2 Å². The van der Waals surface area contributed by atoms with E-state index in [0.29, 0.717) is 0 Å². The van der Waals surface area contributed by atoms with Crippen LogP contribution < -0.4 is 10.6 Å². The van der Waals surface area contributed by atoms with E-state index in [-0.39, 0.29) is 12.5 Å². The number of ether oxygens (including phenoxy) is 6. The molecular formula is C32H36N2O14. The second-order valence-electron chi connectivity index (χ2n) is 11.1. The number of hydrogen-bond acceptors (Lipinski definition) is 13. The van der Waals surface area contributed by atoms with Crippen molar-refractivity contribution in [3.8, 4) is 11.1 Å². The minimum absolute atomic E-state index is 0.111. The number of esters is 3. The van der Waals surface area contributed by atoms with E-state index in [4.69, 9.17) is 28.4 Å². The normalized spacial score (nSPS) is 23.4. The third-order valence-electron chi connectivity index (χ3n) is 7.53. The van der Waals surface area contributed by atoms with Crippen molar-refractivity contribution in [2.75, 3.05) is 19.8 Å². The van der Waals surface area contributed by atoms with Crippen molar-refractivity contribution in [2.24, 2.45) is 0 Å². The number of hydrogen-bond donors (Lipinski definition) is 4. The molecule has 258 valence electrons. The van der Waals surface area contributed by atoms with Crippen LogP contribution in [0.1, 0.15) is 44.7 Å². The number of rotatable bonds is 12. The molecule has 16 heteroatoms. The number of carboxylic acid groups (broad SMARTS) is 1. The standard InChI is InChI=1S/C32H36N2O14/c1-16(35)34-32(42)28(47-19(4)38)27(46-18(3)37)26(15-43-17(2)36)48-30(32)44-14-25(29(39)40)33-31(41)45-13-24-22-11-7-5-9-20(22)21-10-6-8-12-23(21)24/h5-12,24-28,30,42H,13-15H2,1-4H3,(H,33,41)(H,34,35)(H,39,40)/t25-,26+,27-,28-,30-,32+/m0/s1. The molecule has 0 aromatic heterocycles. The molecule has 2 aromatic rings. The molecule has 1 heterocycles. The summed E-state index contributed by atoms with van der Waals surface area (Å²) in [4.78, 5) is 72.7. The van der Waals surface area contributed by atoms with E-state index in [0.717, 1.165) is 49.9 Å². The number of fused-ring (bicyclic) bond motifs is 3. The van der Waals surface area contributed by atoms with Gasteiger partial charge in [0.05, 0.1) is 6.61 Å². The summed E-state index contributed by atoms with van der Waals surface area (Å²) in [5.74, 6) is -5.39. The van der Waals surface area contributed by atoms with Gasteiger partial charge in [0, 0.05) is 33.6 Å². The smallest absolute Gasteiger partial charge is 0.407 e. The number of nitrogens with one attached hydrogen (secondary N) is 2. The first-order valence-electron chi connectivity index (χ1n) is 14.8. The second-order valence-corrected chi connectivity index (χ2v) is 11.1. The number of carbonyl (C=O) groups excluding carboxylic acids is 5. The highest BCUT2D eigenvalue weighted by molar-refractivity contribution is 5.81.